The second-order valence-electron chi connectivity index (χ2n) is 10.8. The zero-order valence-corrected chi connectivity index (χ0v) is 19.2. The van der Waals surface area contributed by atoms with E-state index in [2.05, 4.69) is 6.92 Å². The van der Waals surface area contributed by atoms with Gasteiger partial charge >= 0.3 is 0 Å². The van der Waals surface area contributed by atoms with Crippen molar-refractivity contribution in [1.82, 2.24) is 0 Å². The van der Waals surface area contributed by atoms with Crippen molar-refractivity contribution in [2.24, 2.45) is 40.9 Å². The van der Waals surface area contributed by atoms with Crippen molar-refractivity contribution in [2.45, 2.75) is 77.2 Å². The van der Waals surface area contributed by atoms with Crippen LogP contribution in [0.3, 0.4) is 0 Å². The van der Waals surface area contributed by atoms with Crippen LogP contribution in [0.1, 0.15) is 71.6 Å². The lowest BCUT2D eigenvalue weighted by Crippen LogP contribution is -2.51. The zero-order chi connectivity index (χ0) is 20.3. The lowest BCUT2D eigenvalue weighted by molar-refractivity contribution is -0.129. The van der Waals surface area contributed by atoms with Gasteiger partial charge in [-0.05, 0) is 111 Å². The molecule has 4 nitrogen and oxygen atoms in total. The van der Waals surface area contributed by atoms with Crippen LogP contribution < -0.4 is 0 Å². The number of carbonyl (C=O) groups excluding carboxylic acids is 1. The van der Waals surface area contributed by atoms with Crippen LogP contribution in [-0.4, -0.2) is 36.9 Å². The van der Waals surface area contributed by atoms with E-state index in [1.807, 2.05) is 6.92 Å². The molecule has 0 bridgehead atoms. The van der Waals surface area contributed by atoms with Crippen LogP contribution >= 0.6 is 10.8 Å². The standard InChI is InChI=1S/C22H36O4S2/c1-21(24)10-8-15-14(12-21)4-5-17-16(15)9-11-22(2)18(17)6-7-19(22)20(23)13-27-28(3,25)26/h14-19,24H,4-13H2,1-3H3/t14-,15+,16?,17?,18?,19-,21-,22+/m1/s1. The Hall–Kier alpha value is -0.0700. The highest BCUT2D eigenvalue weighted by atomic mass is 33.1. The molecule has 4 rings (SSSR count). The maximum Gasteiger partial charge on any atom is 0.199 e. The third kappa shape index (κ3) is 3.82. The lowest BCUT2D eigenvalue weighted by Gasteiger charge is -2.56. The molecular weight excluding hydrogens is 392 g/mol. The van der Waals surface area contributed by atoms with Crippen molar-refractivity contribution in [3.8, 4) is 0 Å². The van der Waals surface area contributed by atoms with Gasteiger partial charge in [0.05, 0.1) is 11.4 Å². The maximum absolute atomic E-state index is 12.9. The highest BCUT2D eigenvalue weighted by Crippen LogP contribution is 2.64. The predicted molar refractivity (Wildman–Crippen MR) is 114 cm³/mol. The van der Waals surface area contributed by atoms with Gasteiger partial charge in [0.25, 0.3) is 0 Å². The van der Waals surface area contributed by atoms with Crippen molar-refractivity contribution in [2.75, 3.05) is 12.0 Å². The summed E-state index contributed by atoms with van der Waals surface area (Å²) in [6.07, 6.45) is 11.1. The molecule has 0 spiro atoms. The first-order valence-electron chi connectivity index (χ1n) is 11.1. The van der Waals surface area contributed by atoms with Crippen molar-refractivity contribution < 1.29 is 18.3 Å². The maximum atomic E-state index is 12.9. The van der Waals surface area contributed by atoms with Gasteiger partial charge in [0, 0.05) is 12.2 Å². The Balaban J connectivity index is 1.47. The molecule has 6 heteroatoms. The number of rotatable bonds is 4. The summed E-state index contributed by atoms with van der Waals surface area (Å²) in [6, 6.07) is 0. The smallest absolute Gasteiger partial charge is 0.199 e. The molecule has 0 saturated heterocycles. The van der Waals surface area contributed by atoms with Crippen LogP contribution in [0.15, 0.2) is 0 Å². The SMILES string of the molecule is C[C@@]1(O)CC[C@@H]2C3CC[C@@]4(C)C(CC[C@@H]4C(=O)CSS(C)(=O)=O)C3CC[C@@H]2C1. The van der Waals surface area contributed by atoms with Gasteiger partial charge in [0.1, 0.15) is 5.78 Å². The number of ketones is 1. The number of hydrogen-bond acceptors (Lipinski definition) is 5. The van der Waals surface area contributed by atoms with E-state index in [-0.39, 0.29) is 22.9 Å². The van der Waals surface area contributed by atoms with Gasteiger partial charge in [0.2, 0.25) is 0 Å². The van der Waals surface area contributed by atoms with E-state index >= 15 is 0 Å². The summed E-state index contributed by atoms with van der Waals surface area (Å²) in [6.45, 7) is 4.33. The summed E-state index contributed by atoms with van der Waals surface area (Å²) < 4.78 is 22.9. The molecule has 8 atom stereocenters. The summed E-state index contributed by atoms with van der Waals surface area (Å²) in [4.78, 5) is 12.9. The van der Waals surface area contributed by atoms with E-state index in [0.29, 0.717) is 11.8 Å². The minimum atomic E-state index is -3.16. The molecule has 4 saturated carbocycles. The third-order valence-corrected chi connectivity index (χ3v) is 11.5. The van der Waals surface area contributed by atoms with E-state index in [9.17, 15) is 18.3 Å². The number of hydrogen-bond donors (Lipinski definition) is 1. The average molecular weight is 429 g/mol. The molecule has 0 aromatic rings. The normalized spacial score (nSPS) is 48.4. The van der Waals surface area contributed by atoms with Crippen LogP contribution in [-0.2, 0) is 13.7 Å². The topological polar surface area (TPSA) is 71.4 Å². The third-order valence-electron chi connectivity index (χ3n) is 9.04. The summed E-state index contributed by atoms with van der Waals surface area (Å²) in [5.74, 6) is 3.86. The summed E-state index contributed by atoms with van der Waals surface area (Å²) in [5.41, 5.74) is -0.414. The van der Waals surface area contributed by atoms with Crippen molar-refractivity contribution in [1.29, 1.82) is 0 Å². The van der Waals surface area contributed by atoms with Crippen LogP contribution in [0.2, 0.25) is 0 Å². The first kappa shape index (κ1) is 21.2. The molecule has 4 aliphatic carbocycles. The summed E-state index contributed by atoms with van der Waals surface area (Å²) in [5, 5.41) is 10.5. The molecule has 0 aromatic carbocycles. The van der Waals surface area contributed by atoms with Crippen molar-refractivity contribution in [3.05, 3.63) is 0 Å². The molecular formula is C22H36O4S2. The monoisotopic (exact) mass is 428 g/mol. The van der Waals surface area contributed by atoms with Crippen LogP contribution in [0.4, 0.5) is 0 Å². The Kier molecular flexibility index (Phi) is 5.49. The molecule has 4 fully saturated rings. The minimum Gasteiger partial charge on any atom is -0.390 e. The molecule has 0 heterocycles. The minimum absolute atomic E-state index is 0.0394. The van der Waals surface area contributed by atoms with Gasteiger partial charge in [0.15, 0.2) is 8.87 Å². The molecule has 160 valence electrons. The Morgan fingerprint density at radius 3 is 2.43 bits per heavy atom. The molecule has 0 aromatic heterocycles. The fourth-order valence-electron chi connectivity index (χ4n) is 7.88. The number of fused-ring (bicyclic) bond motifs is 5. The predicted octanol–water partition coefficient (Wildman–Crippen LogP) is 4.27. The summed E-state index contributed by atoms with van der Waals surface area (Å²) in [7, 11) is -2.36. The Morgan fingerprint density at radius 2 is 1.71 bits per heavy atom. The Labute approximate surface area is 173 Å². The average Bonchev–Trinajstić information content (AvgIpc) is 2.95. The number of aliphatic hydroxyl groups is 1. The van der Waals surface area contributed by atoms with Gasteiger partial charge in [-0.1, -0.05) is 6.92 Å². The fraction of sp³-hybridized carbons (Fsp3) is 0.955. The Morgan fingerprint density at radius 1 is 1.00 bits per heavy atom. The Bertz CT molecular complexity index is 731. The van der Waals surface area contributed by atoms with Gasteiger partial charge in [-0.15, -0.1) is 0 Å². The van der Waals surface area contributed by atoms with Crippen molar-refractivity contribution in [3.63, 3.8) is 0 Å². The van der Waals surface area contributed by atoms with E-state index in [0.717, 1.165) is 67.1 Å². The van der Waals surface area contributed by atoms with Gasteiger partial charge in [-0.2, -0.15) is 0 Å². The lowest BCUT2D eigenvalue weighted by atomic mass is 9.49. The van der Waals surface area contributed by atoms with E-state index < -0.39 is 14.5 Å². The molecule has 4 aliphatic rings. The van der Waals surface area contributed by atoms with Crippen LogP contribution in [0.25, 0.3) is 0 Å². The van der Waals surface area contributed by atoms with Gasteiger partial charge in [-0.3, -0.25) is 4.79 Å². The highest BCUT2D eigenvalue weighted by molar-refractivity contribution is 8.72. The van der Waals surface area contributed by atoms with Gasteiger partial charge < -0.3 is 5.11 Å². The largest absolute Gasteiger partial charge is 0.390 e. The van der Waals surface area contributed by atoms with Crippen molar-refractivity contribution >= 4 is 25.4 Å². The summed E-state index contributed by atoms with van der Waals surface area (Å²) >= 11 is 0. The quantitative estimate of drug-likeness (QED) is 0.677. The number of carbonyl (C=O) groups is 1. The van der Waals surface area contributed by atoms with Crippen LogP contribution in [0, 0.1) is 40.9 Å². The molecule has 0 amide bonds. The first-order valence-corrected chi connectivity index (χ1v) is 14.5. The molecule has 3 unspecified atom stereocenters. The molecule has 1 N–H and O–H groups in total. The first-order chi connectivity index (χ1) is 13.0. The second-order valence-corrected chi connectivity index (χ2v) is 15.2. The number of Topliss-reactive ketones (excluding diaryl/α,β-unsaturated/α-hetero) is 1. The van der Waals surface area contributed by atoms with Crippen LogP contribution in [0.5, 0.6) is 0 Å². The molecule has 0 aliphatic heterocycles. The fourth-order valence-corrected chi connectivity index (χ4v) is 9.40. The van der Waals surface area contributed by atoms with E-state index in [1.165, 1.54) is 25.5 Å². The second kappa shape index (κ2) is 7.26. The molecule has 28 heavy (non-hydrogen) atoms. The highest BCUT2D eigenvalue weighted by Gasteiger charge is 2.58. The molecule has 0 radical (unpaired) electrons. The van der Waals surface area contributed by atoms with Gasteiger partial charge in [-0.25, -0.2) is 8.42 Å². The zero-order valence-electron chi connectivity index (χ0n) is 17.5. The van der Waals surface area contributed by atoms with E-state index in [1.54, 1.807) is 0 Å². The van der Waals surface area contributed by atoms with E-state index in [4.69, 9.17) is 0 Å².